The van der Waals surface area contributed by atoms with Gasteiger partial charge in [0.25, 0.3) is 0 Å². The van der Waals surface area contributed by atoms with Crippen molar-refractivity contribution in [1.29, 1.82) is 0 Å². The Hall–Kier alpha value is -3.20. The number of benzene rings is 3. The summed E-state index contributed by atoms with van der Waals surface area (Å²) < 4.78 is 19.6. The molecule has 0 aliphatic carbocycles. The summed E-state index contributed by atoms with van der Waals surface area (Å²) in [6.45, 7) is 0. The highest BCUT2D eigenvalue weighted by atomic mass is 19.1. The van der Waals surface area contributed by atoms with E-state index in [9.17, 15) is 4.39 Å². The highest BCUT2D eigenvalue weighted by Crippen LogP contribution is 2.35. The summed E-state index contributed by atoms with van der Waals surface area (Å²) >= 11 is 0. The van der Waals surface area contributed by atoms with E-state index >= 15 is 0 Å². The van der Waals surface area contributed by atoms with Crippen LogP contribution >= 0.6 is 0 Å². The van der Waals surface area contributed by atoms with E-state index in [1.807, 2.05) is 66.7 Å². The Labute approximate surface area is 139 Å². The molecule has 0 radical (unpaired) electrons. The van der Waals surface area contributed by atoms with Gasteiger partial charge in [0.1, 0.15) is 17.3 Å². The zero-order valence-electron chi connectivity index (χ0n) is 12.8. The number of hydrogen-bond donors (Lipinski definition) is 0. The van der Waals surface area contributed by atoms with Gasteiger partial charge in [-0.3, -0.25) is 0 Å². The molecule has 0 fully saturated rings. The average Bonchev–Trinajstić information content (AvgIpc) is 2.82. The predicted octanol–water partition coefficient (Wildman–Crippen LogP) is 5.38. The van der Waals surface area contributed by atoms with Crippen molar-refractivity contribution in [3.8, 4) is 5.75 Å². The molecule has 2 nitrogen and oxygen atoms in total. The summed E-state index contributed by atoms with van der Waals surface area (Å²) in [6, 6.07) is 24.0. The minimum atomic E-state index is -0.348. The third kappa shape index (κ3) is 2.84. The third-order valence-corrected chi connectivity index (χ3v) is 3.78. The van der Waals surface area contributed by atoms with Crippen LogP contribution in [0.25, 0.3) is 5.76 Å². The maximum Gasteiger partial charge on any atom is 0.155 e. The fourth-order valence-corrected chi connectivity index (χ4v) is 2.60. The molecule has 1 heterocycles. The van der Waals surface area contributed by atoms with E-state index in [0.29, 0.717) is 17.2 Å². The van der Waals surface area contributed by atoms with Crippen LogP contribution in [-0.2, 0) is 0 Å². The van der Waals surface area contributed by atoms with Crippen molar-refractivity contribution in [2.24, 2.45) is 4.99 Å². The third-order valence-electron chi connectivity index (χ3n) is 3.78. The van der Waals surface area contributed by atoms with Crippen molar-refractivity contribution < 1.29 is 9.13 Å². The van der Waals surface area contributed by atoms with Crippen LogP contribution in [0.4, 0.5) is 10.1 Å². The Morgan fingerprint density at radius 3 is 2.12 bits per heavy atom. The van der Waals surface area contributed by atoms with Crippen LogP contribution in [-0.4, -0.2) is 5.71 Å². The zero-order valence-corrected chi connectivity index (χ0v) is 12.8. The zero-order chi connectivity index (χ0) is 16.4. The Kier molecular flexibility index (Phi) is 3.67. The van der Waals surface area contributed by atoms with Crippen molar-refractivity contribution in [3.05, 3.63) is 102 Å². The van der Waals surface area contributed by atoms with Crippen LogP contribution < -0.4 is 4.74 Å². The topological polar surface area (TPSA) is 21.6 Å². The maximum absolute atomic E-state index is 13.6. The average molecular weight is 315 g/mol. The number of ether oxygens (including phenoxy) is 1. The highest BCUT2D eigenvalue weighted by molar-refractivity contribution is 6.13. The molecule has 3 aromatic carbocycles. The fourth-order valence-electron chi connectivity index (χ4n) is 2.60. The molecule has 3 heteroatoms. The number of hydrogen-bond acceptors (Lipinski definition) is 2. The van der Waals surface area contributed by atoms with Gasteiger partial charge in [0, 0.05) is 23.3 Å². The normalized spacial score (nSPS) is 13.2. The van der Waals surface area contributed by atoms with Crippen LogP contribution in [0.2, 0.25) is 0 Å². The van der Waals surface area contributed by atoms with Gasteiger partial charge in [-0.2, -0.15) is 0 Å². The quantitative estimate of drug-likeness (QED) is 0.622. The number of allylic oxidation sites excluding steroid dienone is 1. The number of aliphatic imine (C=N–C) groups is 1. The first kappa shape index (κ1) is 14.4. The van der Waals surface area contributed by atoms with Gasteiger partial charge in [-0.05, 0) is 12.1 Å². The molecule has 24 heavy (non-hydrogen) atoms. The van der Waals surface area contributed by atoms with Crippen molar-refractivity contribution in [2.75, 3.05) is 0 Å². The van der Waals surface area contributed by atoms with E-state index in [1.165, 1.54) is 12.1 Å². The molecule has 0 bridgehead atoms. The summed E-state index contributed by atoms with van der Waals surface area (Å²) in [7, 11) is 0. The molecule has 3 aromatic rings. The van der Waals surface area contributed by atoms with Crippen molar-refractivity contribution >= 4 is 17.2 Å². The van der Waals surface area contributed by atoms with Crippen LogP contribution in [0.15, 0.2) is 89.9 Å². The molecule has 0 saturated carbocycles. The van der Waals surface area contributed by atoms with Gasteiger partial charge < -0.3 is 4.74 Å². The molecule has 0 unspecified atom stereocenters. The molecule has 0 amide bonds. The minimum absolute atomic E-state index is 0.348. The first-order valence-electron chi connectivity index (χ1n) is 7.68. The van der Waals surface area contributed by atoms with Gasteiger partial charge in [-0.1, -0.05) is 60.7 Å². The number of halogens is 1. The number of rotatable bonds is 2. The molecular formula is C21H14FNO. The molecule has 4 rings (SSSR count). The molecular weight excluding hydrogens is 301 g/mol. The second-order valence-corrected chi connectivity index (χ2v) is 5.45. The second-order valence-electron chi connectivity index (χ2n) is 5.45. The molecule has 0 aromatic heterocycles. The van der Waals surface area contributed by atoms with Gasteiger partial charge >= 0.3 is 0 Å². The Balaban J connectivity index is 1.90. The highest BCUT2D eigenvalue weighted by Gasteiger charge is 2.16. The first-order chi connectivity index (χ1) is 11.8. The lowest BCUT2D eigenvalue weighted by Gasteiger charge is -2.10. The number of fused-ring (bicyclic) bond motifs is 1. The van der Waals surface area contributed by atoms with Gasteiger partial charge in [0.2, 0.25) is 0 Å². The van der Waals surface area contributed by atoms with E-state index in [4.69, 9.17) is 4.74 Å². The van der Waals surface area contributed by atoms with E-state index in [0.717, 1.165) is 16.8 Å². The molecule has 1 aliphatic rings. The fraction of sp³-hybridized carbons (Fsp3) is 0. The lowest BCUT2D eigenvalue weighted by molar-refractivity contribution is 0.510. The molecule has 116 valence electrons. The standard InChI is InChI=1S/C21H14FNO/c22-17-11-12-18-21(13-17)24-20(16-9-5-2-6-10-16)14-19(23-18)15-7-3-1-4-8-15/h1-14H. The monoisotopic (exact) mass is 315 g/mol. The van der Waals surface area contributed by atoms with E-state index < -0.39 is 0 Å². The second kappa shape index (κ2) is 6.13. The van der Waals surface area contributed by atoms with Crippen molar-refractivity contribution in [2.45, 2.75) is 0 Å². The summed E-state index contributed by atoms with van der Waals surface area (Å²) in [5, 5.41) is 0. The summed E-state index contributed by atoms with van der Waals surface area (Å²) in [5.41, 5.74) is 3.28. The van der Waals surface area contributed by atoms with Crippen LogP contribution in [0, 0.1) is 5.82 Å². The van der Waals surface area contributed by atoms with Crippen LogP contribution in [0.3, 0.4) is 0 Å². The maximum atomic E-state index is 13.6. The lowest BCUT2D eigenvalue weighted by Crippen LogP contribution is -1.99. The Morgan fingerprint density at radius 2 is 1.42 bits per heavy atom. The predicted molar refractivity (Wildman–Crippen MR) is 94.1 cm³/mol. The summed E-state index contributed by atoms with van der Waals surface area (Å²) in [6.07, 6.45) is 1.89. The molecule has 0 spiro atoms. The molecule has 1 aliphatic heterocycles. The Morgan fingerprint density at radius 1 is 0.750 bits per heavy atom. The molecule has 0 N–H and O–H groups in total. The molecule has 0 saturated heterocycles. The van der Waals surface area contributed by atoms with Crippen LogP contribution in [0.1, 0.15) is 11.1 Å². The first-order valence-corrected chi connectivity index (χ1v) is 7.68. The summed E-state index contributed by atoms with van der Waals surface area (Å²) in [5.74, 6) is 0.707. The summed E-state index contributed by atoms with van der Waals surface area (Å²) in [4.78, 5) is 4.67. The van der Waals surface area contributed by atoms with Gasteiger partial charge in [-0.15, -0.1) is 0 Å². The minimum Gasteiger partial charge on any atom is -0.454 e. The Bertz CT molecular complexity index is 931. The van der Waals surface area contributed by atoms with Gasteiger partial charge in [0.05, 0.1) is 5.71 Å². The smallest absolute Gasteiger partial charge is 0.155 e. The van der Waals surface area contributed by atoms with Crippen molar-refractivity contribution in [1.82, 2.24) is 0 Å². The SMILES string of the molecule is Fc1ccc2c(c1)OC(c1ccccc1)=CC(c1ccccc1)=N2. The number of nitrogens with zero attached hydrogens (tertiary/aromatic N) is 1. The van der Waals surface area contributed by atoms with Gasteiger partial charge in [0.15, 0.2) is 5.75 Å². The largest absolute Gasteiger partial charge is 0.454 e. The lowest BCUT2D eigenvalue weighted by atomic mass is 10.1. The van der Waals surface area contributed by atoms with E-state index in [2.05, 4.69) is 4.99 Å². The van der Waals surface area contributed by atoms with E-state index in [1.54, 1.807) is 6.07 Å². The van der Waals surface area contributed by atoms with Crippen molar-refractivity contribution in [3.63, 3.8) is 0 Å². The van der Waals surface area contributed by atoms with E-state index in [-0.39, 0.29) is 5.82 Å². The molecule has 0 atom stereocenters. The van der Waals surface area contributed by atoms with Crippen LogP contribution in [0.5, 0.6) is 5.75 Å². The van der Waals surface area contributed by atoms with Gasteiger partial charge in [-0.25, -0.2) is 9.38 Å².